The molecule has 2 aromatic carbocycles. The molecule has 1 saturated heterocycles. The molecular formula is C21H23ClN2O3. The molecule has 2 amide bonds. The molecule has 27 heavy (non-hydrogen) atoms. The molecule has 0 aliphatic carbocycles. The number of benzene rings is 2. The minimum absolute atomic E-state index is 0.0173. The van der Waals surface area contributed by atoms with Gasteiger partial charge in [-0.2, -0.15) is 0 Å². The number of rotatable bonds is 7. The third kappa shape index (κ3) is 5.23. The van der Waals surface area contributed by atoms with Crippen LogP contribution in [-0.4, -0.2) is 36.9 Å². The lowest BCUT2D eigenvalue weighted by Gasteiger charge is -2.17. The Hall–Kier alpha value is -2.53. The van der Waals surface area contributed by atoms with Gasteiger partial charge in [0.05, 0.1) is 13.0 Å². The molecule has 1 fully saturated rings. The minimum Gasteiger partial charge on any atom is -0.497 e. The monoisotopic (exact) mass is 386 g/mol. The van der Waals surface area contributed by atoms with Crippen LogP contribution in [0.1, 0.15) is 17.5 Å². The topological polar surface area (TPSA) is 58.6 Å². The van der Waals surface area contributed by atoms with Crippen LogP contribution in [0.2, 0.25) is 5.02 Å². The molecule has 1 aliphatic rings. The molecule has 0 unspecified atom stereocenters. The van der Waals surface area contributed by atoms with E-state index in [4.69, 9.17) is 16.3 Å². The van der Waals surface area contributed by atoms with Crippen LogP contribution in [0, 0.1) is 5.92 Å². The van der Waals surface area contributed by atoms with E-state index < -0.39 is 0 Å². The number of carbonyl (C=O) groups is 2. The van der Waals surface area contributed by atoms with Crippen molar-refractivity contribution in [2.75, 3.05) is 20.2 Å². The second kappa shape index (κ2) is 8.91. The van der Waals surface area contributed by atoms with Crippen molar-refractivity contribution in [1.29, 1.82) is 0 Å². The van der Waals surface area contributed by atoms with Crippen LogP contribution in [-0.2, 0) is 22.6 Å². The SMILES string of the molecule is COc1ccc(CN2C[C@@H](C(=O)NCCc3ccc(Cl)cc3)CC2=O)cc1. The predicted molar refractivity (Wildman–Crippen MR) is 105 cm³/mol. The van der Waals surface area contributed by atoms with Gasteiger partial charge in [0.1, 0.15) is 5.75 Å². The first-order valence-corrected chi connectivity index (χ1v) is 9.36. The standard InChI is InChI=1S/C21H23ClN2O3/c1-27-19-8-4-16(5-9-19)13-24-14-17(12-20(24)25)21(26)23-11-10-15-2-6-18(22)7-3-15/h2-9,17H,10-14H2,1H3,(H,23,26)/t17-/m0/s1. The normalized spacial score (nSPS) is 16.4. The van der Waals surface area contributed by atoms with Gasteiger partial charge in [-0.3, -0.25) is 9.59 Å². The van der Waals surface area contributed by atoms with Crippen molar-refractivity contribution in [3.63, 3.8) is 0 Å². The number of likely N-dealkylation sites (tertiary alicyclic amines) is 1. The molecule has 142 valence electrons. The lowest BCUT2D eigenvalue weighted by Crippen LogP contribution is -2.34. The Bertz CT molecular complexity index is 790. The van der Waals surface area contributed by atoms with Crippen LogP contribution in [0.15, 0.2) is 48.5 Å². The van der Waals surface area contributed by atoms with E-state index in [1.54, 1.807) is 12.0 Å². The smallest absolute Gasteiger partial charge is 0.225 e. The molecule has 5 nitrogen and oxygen atoms in total. The number of amides is 2. The number of methoxy groups -OCH3 is 1. The number of hydrogen-bond donors (Lipinski definition) is 1. The molecular weight excluding hydrogens is 364 g/mol. The summed E-state index contributed by atoms with van der Waals surface area (Å²) in [5.74, 6) is 0.448. The molecule has 1 heterocycles. The van der Waals surface area contributed by atoms with Crippen molar-refractivity contribution in [1.82, 2.24) is 10.2 Å². The summed E-state index contributed by atoms with van der Waals surface area (Å²) in [5.41, 5.74) is 2.14. The van der Waals surface area contributed by atoms with Crippen molar-refractivity contribution in [2.24, 2.45) is 5.92 Å². The van der Waals surface area contributed by atoms with E-state index in [0.29, 0.717) is 24.7 Å². The molecule has 0 saturated carbocycles. The summed E-state index contributed by atoms with van der Waals surface area (Å²) in [4.78, 5) is 26.4. The highest BCUT2D eigenvalue weighted by Crippen LogP contribution is 2.21. The summed E-state index contributed by atoms with van der Waals surface area (Å²) in [6.45, 7) is 1.51. The maximum Gasteiger partial charge on any atom is 0.225 e. The van der Waals surface area contributed by atoms with Crippen LogP contribution in [0.3, 0.4) is 0 Å². The summed E-state index contributed by atoms with van der Waals surface area (Å²) in [7, 11) is 1.62. The van der Waals surface area contributed by atoms with Crippen LogP contribution >= 0.6 is 11.6 Å². The summed E-state index contributed by atoms with van der Waals surface area (Å²) >= 11 is 5.87. The third-order valence-electron chi connectivity index (χ3n) is 4.74. The Balaban J connectivity index is 1.47. The van der Waals surface area contributed by atoms with E-state index in [1.165, 1.54) is 0 Å². The lowest BCUT2D eigenvalue weighted by molar-refractivity contribution is -0.129. The molecule has 0 radical (unpaired) electrons. The van der Waals surface area contributed by atoms with Gasteiger partial charge >= 0.3 is 0 Å². The van der Waals surface area contributed by atoms with E-state index in [1.807, 2.05) is 48.5 Å². The van der Waals surface area contributed by atoms with E-state index >= 15 is 0 Å². The number of ether oxygens (including phenoxy) is 1. The van der Waals surface area contributed by atoms with Crippen molar-refractivity contribution in [2.45, 2.75) is 19.4 Å². The van der Waals surface area contributed by atoms with Crippen LogP contribution < -0.4 is 10.1 Å². The van der Waals surface area contributed by atoms with Gasteiger partial charge in [0.15, 0.2) is 0 Å². The Morgan fingerprint density at radius 2 is 1.81 bits per heavy atom. The first kappa shape index (κ1) is 19.2. The molecule has 0 spiro atoms. The van der Waals surface area contributed by atoms with Gasteiger partial charge < -0.3 is 15.0 Å². The van der Waals surface area contributed by atoms with E-state index in [2.05, 4.69) is 5.32 Å². The second-order valence-electron chi connectivity index (χ2n) is 6.69. The number of halogens is 1. The van der Waals surface area contributed by atoms with Crippen molar-refractivity contribution in [3.8, 4) is 5.75 Å². The van der Waals surface area contributed by atoms with Crippen LogP contribution in [0.25, 0.3) is 0 Å². The Morgan fingerprint density at radius 3 is 2.48 bits per heavy atom. The Labute approximate surface area is 164 Å². The lowest BCUT2D eigenvalue weighted by atomic mass is 10.1. The van der Waals surface area contributed by atoms with Gasteiger partial charge in [-0.15, -0.1) is 0 Å². The highest BCUT2D eigenvalue weighted by molar-refractivity contribution is 6.30. The fourth-order valence-electron chi connectivity index (χ4n) is 3.18. The molecule has 3 rings (SSSR count). The highest BCUT2D eigenvalue weighted by Gasteiger charge is 2.33. The first-order chi connectivity index (χ1) is 13.0. The minimum atomic E-state index is -0.291. The third-order valence-corrected chi connectivity index (χ3v) is 5.00. The number of carbonyl (C=O) groups excluding carboxylic acids is 2. The zero-order valence-corrected chi connectivity index (χ0v) is 16.0. The highest BCUT2D eigenvalue weighted by atomic mass is 35.5. The summed E-state index contributed by atoms with van der Waals surface area (Å²) in [6, 6.07) is 15.2. The fraction of sp³-hybridized carbons (Fsp3) is 0.333. The number of hydrogen-bond acceptors (Lipinski definition) is 3. The molecule has 0 bridgehead atoms. The molecule has 1 atom stereocenters. The Morgan fingerprint density at radius 1 is 1.15 bits per heavy atom. The van der Waals surface area contributed by atoms with Crippen molar-refractivity contribution in [3.05, 3.63) is 64.7 Å². The maximum absolute atomic E-state index is 12.4. The van der Waals surface area contributed by atoms with E-state index in [9.17, 15) is 9.59 Å². The quantitative estimate of drug-likeness (QED) is 0.795. The van der Waals surface area contributed by atoms with E-state index in [-0.39, 0.29) is 24.2 Å². The Kier molecular flexibility index (Phi) is 6.35. The van der Waals surface area contributed by atoms with Gasteiger partial charge in [-0.25, -0.2) is 0 Å². The van der Waals surface area contributed by atoms with E-state index in [0.717, 1.165) is 23.3 Å². The van der Waals surface area contributed by atoms with Gasteiger partial charge in [-0.1, -0.05) is 35.9 Å². The number of nitrogens with one attached hydrogen (secondary N) is 1. The van der Waals surface area contributed by atoms with Gasteiger partial charge in [0.25, 0.3) is 0 Å². The van der Waals surface area contributed by atoms with Crippen molar-refractivity contribution >= 4 is 23.4 Å². The molecule has 2 aromatic rings. The molecule has 1 aliphatic heterocycles. The summed E-state index contributed by atoms with van der Waals surface area (Å²) in [6.07, 6.45) is 1.00. The molecule has 6 heteroatoms. The molecule has 1 N–H and O–H groups in total. The predicted octanol–water partition coefficient (Wildman–Crippen LogP) is 3.06. The van der Waals surface area contributed by atoms with Gasteiger partial charge in [0, 0.05) is 31.1 Å². The van der Waals surface area contributed by atoms with Crippen molar-refractivity contribution < 1.29 is 14.3 Å². The largest absolute Gasteiger partial charge is 0.497 e. The second-order valence-corrected chi connectivity index (χ2v) is 7.13. The van der Waals surface area contributed by atoms with Gasteiger partial charge in [0.2, 0.25) is 11.8 Å². The first-order valence-electron chi connectivity index (χ1n) is 8.98. The van der Waals surface area contributed by atoms with Gasteiger partial charge in [-0.05, 0) is 41.8 Å². The average molecular weight is 387 g/mol. The average Bonchev–Trinajstić information content (AvgIpc) is 3.04. The summed E-state index contributed by atoms with van der Waals surface area (Å²) in [5, 5.41) is 3.64. The zero-order valence-electron chi connectivity index (χ0n) is 15.3. The maximum atomic E-state index is 12.4. The van der Waals surface area contributed by atoms with Crippen LogP contribution in [0.5, 0.6) is 5.75 Å². The van der Waals surface area contributed by atoms with Crippen LogP contribution in [0.4, 0.5) is 0 Å². The number of nitrogens with zero attached hydrogens (tertiary/aromatic N) is 1. The molecule has 0 aromatic heterocycles. The zero-order chi connectivity index (χ0) is 19.2. The fourth-order valence-corrected chi connectivity index (χ4v) is 3.30. The summed E-state index contributed by atoms with van der Waals surface area (Å²) < 4.78 is 5.14.